The first-order valence-electron chi connectivity index (χ1n) is 15.3. The third-order valence-corrected chi connectivity index (χ3v) is 9.60. The van der Waals surface area contributed by atoms with E-state index >= 15 is 0 Å². The molecule has 0 aliphatic carbocycles. The summed E-state index contributed by atoms with van der Waals surface area (Å²) >= 11 is 19.2. The summed E-state index contributed by atoms with van der Waals surface area (Å²) in [5.74, 6) is -0.529. The molecule has 1 aliphatic rings. The molecule has 1 aliphatic heterocycles. The van der Waals surface area contributed by atoms with E-state index in [4.69, 9.17) is 34.8 Å². The topological polar surface area (TPSA) is 85.9 Å². The Hall–Kier alpha value is -3.94. The Bertz CT molecular complexity index is 1960. The Morgan fingerprint density at radius 2 is 1.74 bits per heavy atom. The summed E-state index contributed by atoms with van der Waals surface area (Å²) in [5, 5.41) is 24.5. The van der Waals surface area contributed by atoms with E-state index < -0.39 is 11.9 Å². The number of likely N-dealkylation sites (tertiary alicyclic amines) is 1. The number of fused-ring (bicyclic) bond motifs is 1. The second-order valence-corrected chi connectivity index (χ2v) is 14.0. The lowest BCUT2D eigenvalue weighted by molar-refractivity contribution is 0.0866. The first-order valence-corrected chi connectivity index (χ1v) is 16.5. The van der Waals surface area contributed by atoms with E-state index in [9.17, 15) is 9.65 Å². The number of rotatable bonds is 7. The maximum atomic E-state index is 14.0. The maximum Gasteiger partial charge on any atom is 0.141 e. The molecule has 1 N–H and O–H groups in total. The first-order chi connectivity index (χ1) is 22.4. The van der Waals surface area contributed by atoms with Crippen molar-refractivity contribution in [3.05, 3.63) is 105 Å². The number of hydrogen-bond acceptors (Lipinski definition) is 7. The van der Waals surface area contributed by atoms with Crippen molar-refractivity contribution in [2.24, 2.45) is 0 Å². The van der Waals surface area contributed by atoms with Gasteiger partial charge in [0.1, 0.15) is 17.6 Å². The molecule has 0 saturated carbocycles. The largest absolute Gasteiger partial charge is 0.373 e. The molecular weight excluding hydrogens is 658 g/mol. The van der Waals surface area contributed by atoms with Gasteiger partial charge in [0.25, 0.3) is 0 Å². The van der Waals surface area contributed by atoms with Crippen molar-refractivity contribution in [2.45, 2.75) is 51.2 Å². The Morgan fingerprint density at radius 3 is 2.40 bits per heavy atom. The average molecular weight is 692 g/mol. The van der Waals surface area contributed by atoms with Crippen LogP contribution in [0.25, 0.3) is 10.9 Å². The predicted octanol–water partition coefficient (Wildman–Crippen LogP) is 9.20. The van der Waals surface area contributed by atoms with Gasteiger partial charge in [-0.05, 0) is 81.6 Å². The van der Waals surface area contributed by atoms with Crippen LogP contribution in [-0.2, 0) is 0 Å². The fourth-order valence-electron chi connectivity index (χ4n) is 6.15. The fraction of sp³-hybridized carbons (Fsp3) is 0.314. The van der Waals surface area contributed by atoms with Crippen LogP contribution in [0.4, 0.5) is 21.5 Å². The van der Waals surface area contributed by atoms with Gasteiger partial charge in [-0.15, -0.1) is 5.10 Å². The molecule has 6 rings (SSSR count). The van der Waals surface area contributed by atoms with Crippen LogP contribution in [0.15, 0.2) is 67.0 Å². The first kappa shape index (κ1) is 33.0. The molecule has 0 radical (unpaired) electrons. The summed E-state index contributed by atoms with van der Waals surface area (Å²) < 4.78 is 16.0. The van der Waals surface area contributed by atoms with Crippen LogP contribution < -0.4 is 10.2 Å². The van der Waals surface area contributed by atoms with Gasteiger partial charge in [0.15, 0.2) is 0 Å². The molecule has 47 heavy (non-hydrogen) atoms. The van der Waals surface area contributed by atoms with Gasteiger partial charge in [0.05, 0.1) is 45.1 Å². The lowest BCUT2D eigenvalue weighted by atomic mass is 9.98. The number of hydrogen-bond donors (Lipinski definition) is 1. The Kier molecular flexibility index (Phi) is 9.32. The minimum absolute atomic E-state index is 0.0229. The summed E-state index contributed by atoms with van der Waals surface area (Å²) in [5.41, 5.74) is 4.48. The van der Waals surface area contributed by atoms with Gasteiger partial charge in [-0.1, -0.05) is 52.1 Å². The zero-order chi connectivity index (χ0) is 33.5. The minimum Gasteiger partial charge on any atom is -0.373 e. The van der Waals surface area contributed by atoms with Crippen LogP contribution in [0, 0.1) is 17.1 Å². The van der Waals surface area contributed by atoms with Crippen molar-refractivity contribution < 1.29 is 4.39 Å². The van der Waals surface area contributed by atoms with Crippen molar-refractivity contribution >= 4 is 62.8 Å². The Morgan fingerprint density at radius 1 is 1.02 bits per heavy atom. The molecule has 3 aromatic carbocycles. The van der Waals surface area contributed by atoms with E-state index in [1.165, 1.54) is 18.3 Å². The van der Waals surface area contributed by atoms with Crippen molar-refractivity contribution in [1.82, 2.24) is 24.9 Å². The van der Waals surface area contributed by atoms with Gasteiger partial charge in [-0.3, -0.25) is 9.88 Å². The van der Waals surface area contributed by atoms with E-state index in [1.807, 2.05) is 41.2 Å². The molecule has 1 fully saturated rings. The number of anilines is 3. The quantitative estimate of drug-likeness (QED) is 0.182. The number of benzene rings is 3. The number of nitriles is 1. The van der Waals surface area contributed by atoms with Crippen LogP contribution in [0.1, 0.15) is 62.5 Å². The van der Waals surface area contributed by atoms with Crippen LogP contribution in [0.2, 0.25) is 15.1 Å². The van der Waals surface area contributed by atoms with Crippen molar-refractivity contribution in [3.8, 4) is 6.07 Å². The van der Waals surface area contributed by atoms with Gasteiger partial charge in [-0.25, -0.2) is 9.07 Å². The van der Waals surface area contributed by atoms with Crippen LogP contribution in [0.3, 0.4) is 0 Å². The molecular formula is C35H34Cl3FN8. The van der Waals surface area contributed by atoms with Crippen molar-refractivity contribution in [1.29, 1.82) is 5.26 Å². The molecule has 1 unspecified atom stereocenters. The summed E-state index contributed by atoms with van der Waals surface area (Å²) in [6.07, 6.45) is 5.48. The predicted molar refractivity (Wildman–Crippen MR) is 187 cm³/mol. The standard InChI is InChI=1S/C35H34Cl3FN8/c1-35(2,3)46-13-11-25(12-14-46)47-20-31(43-44-47)32(21-5-7-23(36)8-6-21)42-24-15-27-33(29(38)16-24)41-19-22(18-40)34(27)45(4)26-9-10-30(39)28(37)17-26/h5-10,15-17,19-20,25,32,42H,11-14H2,1-4H3. The Balaban J connectivity index is 1.38. The van der Waals surface area contributed by atoms with Crippen LogP contribution in [-0.4, -0.2) is 50.6 Å². The van der Waals surface area contributed by atoms with Crippen molar-refractivity contribution in [2.75, 3.05) is 30.4 Å². The Labute approximate surface area is 288 Å². The summed E-state index contributed by atoms with van der Waals surface area (Å²) in [7, 11) is 1.79. The second-order valence-electron chi connectivity index (χ2n) is 12.8. The molecule has 3 heterocycles. The van der Waals surface area contributed by atoms with E-state index in [1.54, 1.807) is 24.1 Å². The van der Waals surface area contributed by atoms with Gasteiger partial charge in [0.2, 0.25) is 0 Å². The highest BCUT2D eigenvalue weighted by Gasteiger charge is 2.29. The molecule has 1 saturated heterocycles. The van der Waals surface area contributed by atoms with E-state index in [-0.39, 0.29) is 16.6 Å². The zero-order valence-electron chi connectivity index (χ0n) is 26.5. The lowest BCUT2D eigenvalue weighted by Gasteiger charge is -2.40. The highest BCUT2D eigenvalue weighted by atomic mass is 35.5. The molecule has 12 heteroatoms. The molecule has 0 amide bonds. The lowest BCUT2D eigenvalue weighted by Crippen LogP contribution is -2.46. The third kappa shape index (κ3) is 6.88. The SMILES string of the molecule is CN(c1ccc(F)c(Cl)c1)c1c(C#N)cnc2c(Cl)cc(NC(c3ccc(Cl)cc3)c3cn(C4CCN(C(C)(C)C)CC4)nn3)cc12. The highest BCUT2D eigenvalue weighted by molar-refractivity contribution is 6.36. The summed E-state index contributed by atoms with van der Waals surface area (Å²) in [6.45, 7) is 8.74. The number of piperidine rings is 1. The number of pyridine rings is 1. The number of nitrogens with one attached hydrogen (secondary N) is 1. The minimum atomic E-state index is -0.529. The van der Waals surface area contributed by atoms with Crippen LogP contribution >= 0.6 is 34.8 Å². The molecule has 0 bridgehead atoms. The maximum absolute atomic E-state index is 14.0. The highest BCUT2D eigenvalue weighted by Crippen LogP contribution is 2.40. The molecule has 5 aromatic rings. The second kappa shape index (κ2) is 13.3. The number of halogens is 4. The monoisotopic (exact) mass is 690 g/mol. The smallest absolute Gasteiger partial charge is 0.141 e. The molecule has 2 aromatic heterocycles. The third-order valence-electron chi connectivity index (χ3n) is 8.77. The molecule has 242 valence electrons. The summed E-state index contributed by atoms with van der Waals surface area (Å²) in [4.78, 5) is 8.79. The van der Waals surface area contributed by atoms with Crippen molar-refractivity contribution in [3.63, 3.8) is 0 Å². The fourth-order valence-corrected chi connectivity index (χ4v) is 6.72. The van der Waals surface area contributed by atoms with Gasteiger partial charge < -0.3 is 10.2 Å². The molecule has 1 atom stereocenters. The molecule has 0 spiro atoms. The van der Waals surface area contributed by atoms with E-state index in [0.717, 1.165) is 37.2 Å². The number of aromatic nitrogens is 4. The van der Waals surface area contributed by atoms with E-state index in [0.29, 0.717) is 43.6 Å². The van der Waals surface area contributed by atoms with E-state index in [2.05, 4.69) is 52.4 Å². The van der Waals surface area contributed by atoms with Gasteiger partial charge in [-0.2, -0.15) is 5.26 Å². The molecule has 8 nitrogen and oxygen atoms in total. The van der Waals surface area contributed by atoms with Gasteiger partial charge >= 0.3 is 0 Å². The van der Waals surface area contributed by atoms with Crippen LogP contribution in [0.5, 0.6) is 0 Å². The van der Waals surface area contributed by atoms with Gasteiger partial charge in [0, 0.05) is 53.7 Å². The normalized spacial score (nSPS) is 15.0. The number of nitrogens with zero attached hydrogens (tertiary/aromatic N) is 7. The summed E-state index contributed by atoms with van der Waals surface area (Å²) in [6, 6.07) is 17.8. The zero-order valence-corrected chi connectivity index (χ0v) is 28.7. The average Bonchev–Trinajstić information content (AvgIpc) is 3.54.